The molecular weight excluding hydrogens is 364 g/mol. The van der Waals surface area contributed by atoms with E-state index in [4.69, 9.17) is 4.42 Å². The van der Waals surface area contributed by atoms with Crippen LogP contribution in [0.5, 0.6) is 0 Å². The Balaban J connectivity index is 1.94. The lowest BCUT2D eigenvalue weighted by Crippen LogP contribution is -2.58. The van der Waals surface area contributed by atoms with E-state index in [1.807, 2.05) is 13.8 Å². The van der Waals surface area contributed by atoms with Gasteiger partial charge in [0, 0.05) is 32.2 Å². The van der Waals surface area contributed by atoms with Crippen molar-refractivity contribution < 1.29 is 23.6 Å². The fourth-order valence-corrected chi connectivity index (χ4v) is 2.93. The summed E-state index contributed by atoms with van der Waals surface area (Å²) in [6.45, 7) is 8.41. The molecule has 0 saturated carbocycles. The number of rotatable bonds is 5. The summed E-state index contributed by atoms with van der Waals surface area (Å²) >= 11 is 0. The summed E-state index contributed by atoms with van der Waals surface area (Å²) in [5.41, 5.74) is 0. The number of hydrogen-bond donors (Lipinski definition) is 2. The molecule has 2 heterocycles. The predicted molar refractivity (Wildman–Crippen MR) is 101 cm³/mol. The normalized spacial score (nSPS) is 15.5. The Labute approximate surface area is 164 Å². The van der Waals surface area contributed by atoms with Gasteiger partial charge in [0.15, 0.2) is 5.76 Å². The zero-order valence-corrected chi connectivity index (χ0v) is 16.7. The van der Waals surface area contributed by atoms with E-state index in [9.17, 15) is 19.2 Å². The lowest BCUT2D eigenvalue weighted by molar-refractivity contribution is -0.149. The van der Waals surface area contributed by atoms with E-state index in [1.165, 1.54) is 17.2 Å². The molecule has 0 aromatic carbocycles. The van der Waals surface area contributed by atoms with Gasteiger partial charge in [0.1, 0.15) is 6.04 Å². The molecule has 1 saturated heterocycles. The van der Waals surface area contributed by atoms with Crippen LogP contribution in [0.4, 0.5) is 0 Å². The van der Waals surface area contributed by atoms with Gasteiger partial charge in [0.2, 0.25) is 5.91 Å². The van der Waals surface area contributed by atoms with Gasteiger partial charge in [-0.15, -0.1) is 0 Å². The first-order valence-corrected chi connectivity index (χ1v) is 9.43. The van der Waals surface area contributed by atoms with Crippen LogP contribution in [0.15, 0.2) is 22.8 Å². The average molecular weight is 392 g/mol. The molecule has 9 nitrogen and oxygen atoms in total. The van der Waals surface area contributed by atoms with Gasteiger partial charge in [0.25, 0.3) is 5.91 Å². The lowest BCUT2D eigenvalue weighted by Gasteiger charge is -2.37. The first-order valence-electron chi connectivity index (χ1n) is 9.43. The van der Waals surface area contributed by atoms with Crippen LogP contribution in [0.1, 0.15) is 38.2 Å². The zero-order chi connectivity index (χ0) is 20.8. The van der Waals surface area contributed by atoms with E-state index in [1.54, 1.807) is 24.8 Å². The van der Waals surface area contributed by atoms with Crippen LogP contribution in [0.3, 0.4) is 0 Å². The van der Waals surface area contributed by atoms with Crippen molar-refractivity contribution in [3.8, 4) is 0 Å². The van der Waals surface area contributed by atoms with Gasteiger partial charge < -0.3 is 24.9 Å². The summed E-state index contributed by atoms with van der Waals surface area (Å²) in [5, 5.41) is 5.30. The zero-order valence-electron chi connectivity index (χ0n) is 16.7. The molecule has 0 spiro atoms. The Morgan fingerprint density at radius 1 is 0.964 bits per heavy atom. The summed E-state index contributed by atoms with van der Waals surface area (Å²) in [6, 6.07) is 2.31. The van der Waals surface area contributed by atoms with Crippen LogP contribution in [0, 0.1) is 5.92 Å². The second-order valence-corrected chi connectivity index (χ2v) is 7.42. The molecule has 1 atom stereocenters. The Kier molecular flexibility index (Phi) is 7.19. The number of furan rings is 1. The fourth-order valence-electron chi connectivity index (χ4n) is 2.93. The minimum Gasteiger partial charge on any atom is -0.459 e. The number of piperazine rings is 1. The highest BCUT2D eigenvalue weighted by molar-refractivity contribution is 6.35. The van der Waals surface area contributed by atoms with Crippen molar-refractivity contribution in [2.24, 2.45) is 5.92 Å². The predicted octanol–water partition coefficient (Wildman–Crippen LogP) is 0.229. The summed E-state index contributed by atoms with van der Waals surface area (Å²) in [5.74, 6) is -1.87. The maximum Gasteiger partial charge on any atom is 0.312 e. The fraction of sp³-hybridized carbons (Fsp3) is 0.579. The molecule has 9 heteroatoms. The van der Waals surface area contributed by atoms with Crippen molar-refractivity contribution in [2.45, 2.75) is 39.8 Å². The Hall–Kier alpha value is -2.84. The number of carbonyl (C=O) groups is 4. The molecule has 0 bridgehead atoms. The minimum absolute atomic E-state index is 0.121. The number of nitrogens with one attached hydrogen (secondary N) is 2. The largest absolute Gasteiger partial charge is 0.459 e. The highest BCUT2D eigenvalue weighted by atomic mass is 16.3. The molecule has 4 amide bonds. The standard InChI is InChI=1S/C19H28N4O5/c1-12(2)15(21-16(24)14-6-5-11-28-14)18(26)22-7-9-23(10-8-22)19(27)17(25)20-13(3)4/h5-6,11-13,15H,7-10H2,1-4H3,(H,20,25)(H,21,24). The van der Waals surface area contributed by atoms with Gasteiger partial charge in [0.05, 0.1) is 6.26 Å². The number of carbonyl (C=O) groups excluding carboxylic acids is 4. The monoisotopic (exact) mass is 392 g/mol. The van der Waals surface area contributed by atoms with E-state index >= 15 is 0 Å². The van der Waals surface area contributed by atoms with Gasteiger partial charge in [-0.1, -0.05) is 13.8 Å². The summed E-state index contributed by atoms with van der Waals surface area (Å²) in [6.07, 6.45) is 1.40. The highest BCUT2D eigenvalue weighted by Gasteiger charge is 2.33. The average Bonchev–Trinajstić information content (AvgIpc) is 3.19. The van der Waals surface area contributed by atoms with E-state index in [0.717, 1.165) is 0 Å². The number of amides is 4. The van der Waals surface area contributed by atoms with Crippen molar-refractivity contribution in [1.82, 2.24) is 20.4 Å². The topological polar surface area (TPSA) is 112 Å². The first kappa shape index (κ1) is 21.5. The lowest BCUT2D eigenvalue weighted by atomic mass is 10.0. The van der Waals surface area contributed by atoms with Gasteiger partial charge >= 0.3 is 11.8 Å². The third-order valence-electron chi connectivity index (χ3n) is 4.46. The molecule has 2 N–H and O–H groups in total. The SMILES string of the molecule is CC(C)NC(=O)C(=O)N1CCN(C(=O)C(NC(=O)c2ccco2)C(C)C)CC1. The molecule has 1 unspecified atom stereocenters. The third kappa shape index (κ3) is 5.34. The van der Waals surface area contributed by atoms with Crippen LogP contribution in [-0.4, -0.2) is 71.7 Å². The smallest absolute Gasteiger partial charge is 0.312 e. The summed E-state index contributed by atoms with van der Waals surface area (Å²) < 4.78 is 5.07. The van der Waals surface area contributed by atoms with E-state index in [2.05, 4.69) is 10.6 Å². The van der Waals surface area contributed by atoms with Crippen molar-refractivity contribution in [2.75, 3.05) is 26.2 Å². The summed E-state index contributed by atoms with van der Waals surface area (Å²) in [7, 11) is 0. The van der Waals surface area contributed by atoms with E-state index in [-0.39, 0.29) is 36.7 Å². The molecule has 0 aliphatic carbocycles. The minimum atomic E-state index is -0.705. The van der Waals surface area contributed by atoms with Crippen LogP contribution in [0.25, 0.3) is 0 Å². The van der Waals surface area contributed by atoms with Crippen LogP contribution < -0.4 is 10.6 Å². The molecule has 154 valence electrons. The Morgan fingerprint density at radius 3 is 2.07 bits per heavy atom. The quantitative estimate of drug-likeness (QED) is 0.697. The summed E-state index contributed by atoms with van der Waals surface area (Å²) in [4.78, 5) is 52.2. The second-order valence-electron chi connectivity index (χ2n) is 7.42. The van der Waals surface area contributed by atoms with E-state index < -0.39 is 23.8 Å². The molecule has 0 radical (unpaired) electrons. The van der Waals surface area contributed by atoms with Crippen molar-refractivity contribution >= 4 is 23.6 Å². The van der Waals surface area contributed by atoms with Gasteiger partial charge in [-0.25, -0.2) is 0 Å². The third-order valence-corrected chi connectivity index (χ3v) is 4.46. The second kappa shape index (κ2) is 9.38. The highest BCUT2D eigenvalue weighted by Crippen LogP contribution is 2.11. The maximum atomic E-state index is 12.9. The maximum absolute atomic E-state index is 12.9. The first-order chi connectivity index (χ1) is 13.2. The molecule has 1 aromatic heterocycles. The molecular formula is C19H28N4O5. The van der Waals surface area contributed by atoms with Crippen molar-refractivity contribution in [3.05, 3.63) is 24.2 Å². The van der Waals surface area contributed by atoms with Crippen molar-refractivity contribution in [1.29, 1.82) is 0 Å². The number of nitrogens with zero attached hydrogens (tertiary/aromatic N) is 2. The Morgan fingerprint density at radius 2 is 1.57 bits per heavy atom. The van der Waals surface area contributed by atoms with E-state index in [0.29, 0.717) is 13.1 Å². The molecule has 1 aromatic rings. The molecule has 2 rings (SSSR count). The Bertz CT molecular complexity index is 706. The molecule has 1 aliphatic rings. The van der Waals surface area contributed by atoms with Gasteiger partial charge in [-0.3, -0.25) is 19.2 Å². The van der Waals surface area contributed by atoms with Crippen molar-refractivity contribution in [3.63, 3.8) is 0 Å². The molecule has 28 heavy (non-hydrogen) atoms. The van der Waals surface area contributed by atoms with Crippen LogP contribution in [-0.2, 0) is 14.4 Å². The molecule has 1 fully saturated rings. The van der Waals surface area contributed by atoms with Crippen LogP contribution in [0.2, 0.25) is 0 Å². The van der Waals surface area contributed by atoms with Crippen LogP contribution >= 0.6 is 0 Å². The van der Waals surface area contributed by atoms with Gasteiger partial charge in [-0.2, -0.15) is 0 Å². The van der Waals surface area contributed by atoms with Gasteiger partial charge in [-0.05, 0) is 31.9 Å². The molecule has 1 aliphatic heterocycles. The number of hydrogen-bond acceptors (Lipinski definition) is 5.